The van der Waals surface area contributed by atoms with Gasteiger partial charge in [-0.1, -0.05) is 6.07 Å². The average molecular weight is 286 g/mol. The fraction of sp³-hybridized carbons (Fsp3) is 0.353. The molecule has 0 fully saturated rings. The van der Waals surface area contributed by atoms with E-state index in [1.165, 1.54) is 0 Å². The summed E-state index contributed by atoms with van der Waals surface area (Å²) in [4.78, 5) is 12.0. The number of aryl methyl sites for hydroxylation is 1. The maximum Gasteiger partial charge on any atom is 0.251 e. The summed E-state index contributed by atoms with van der Waals surface area (Å²) in [7, 11) is 0. The Morgan fingerprint density at radius 2 is 1.90 bits per heavy atom. The first-order valence-corrected chi connectivity index (χ1v) is 7.19. The van der Waals surface area contributed by atoms with E-state index < -0.39 is 0 Å². The first-order valence-electron chi connectivity index (χ1n) is 7.19. The van der Waals surface area contributed by atoms with E-state index in [1.807, 2.05) is 64.1 Å². The lowest BCUT2D eigenvalue weighted by atomic mass is 10.1. The minimum absolute atomic E-state index is 0.0436. The van der Waals surface area contributed by atoms with Gasteiger partial charge in [-0.15, -0.1) is 0 Å². The van der Waals surface area contributed by atoms with E-state index in [4.69, 9.17) is 4.42 Å². The van der Waals surface area contributed by atoms with Gasteiger partial charge in [0.2, 0.25) is 0 Å². The predicted molar refractivity (Wildman–Crippen MR) is 84.5 cm³/mol. The molecular weight excluding hydrogens is 264 g/mol. The van der Waals surface area contributed by atoms with Crippen molar-refractivity contribution in [2.24, 2.45) is 0 Å². The Morgan fingerprint density at radius 3 is 2.52 bits per heavy atom. The van der Waals surface area contributed by atoms with E-state index in [0.29, 0.717) is 5.56 Å². The molecule has 1 atom stereocenters. The monoisotopic (exact) mass is 286 g/mol. The molecule has 0 saturated carbocycles. The van der Waals surface area contributed by atoms with Gasteiger partial charge in [-0.05, 0) is 58.0 Å². The second kappa shape index (κ2) is 6.48. The van der Waals surface area contributed by atoms with Gasteiger partial charge in [-0.2, -0.15) is 0 Å². The number of hydrogen-bond acceptors (Lipinski definition) is 3. The Kier molecular flexibility index (Phi) is 4.68. The van der Waals surface area contributed by atoms with E-state index in [2.05, 4.69) is 10.6 Å². The maximum absolute atomic E-state index is 12.0. The molecule has 1 amide bonds. The van der Waals surface area contributed by atoms with Crippen LogP contribution >= 0.6 is 0 Å². The summed E-state index contributed by atoms with van der Waals surface area (Å²) in [6, 6.07) is 11.5. The lowest BCUT2D eigenvalue weighted by molar-refractivity contribution is 0.0943. The summed E-state index contributed by atoms with van der Waals surface area (Å²) in [5, 5.41) is 6.24. The summed E-state index contributed by atoms with van der Waals surface area (Å²) in [6.45, 7) is 7.84. The van der Waals surface area contributed by atoms with Crippen molar-refractivity contribution in [3.05, 3.63) is 53.5 Å². The minimum atomic E-state index is -0.0600. The van der Waals surface area contributed by atoms with Crippen LogP contribution in [0.15, 0.2) is 40.8 Å². The number of anilines is 1. The molecule has 0 spiro atoms. The summed E-state index contributed by atoms with van der Waals surface area (Å²) in [5.74, 6) is 1.71. The lowest BCUT2D eigenvalue weighted by Gasteiger charge is -2.14. The topological polar surface area (TPSA) is 54.3 Å². The van der Waals surface area contributed by atoms with Crippen molar-refractivity contribution in [1.29, 1.82) is 0 Å². The number of nitrogens with one attached hydrogen (secondary N) is 2. The Hall–Kier alpha value is -2.23. The SMILES string of the molecule is Cc1ccc(C(C)Nc2cccc(C(=O)NC(C)C)c2)o1. The highest BCUT2D eigenvalue weighted by Gasteiger charge is 2.11. The van der Waals surface area contributed by atoms with Crippen molar-refractivity contribution >= 4 is 11.6 Å². The molecule has 112 valence electrons. The second-order valence-corrected chi connectivity index (χ2v) is 5.52. The zero-order valence-electron chi connectivity index (χ0n) is 12.9. The largest absolute Gasteiger partial charge is 0.464 e. The zero-order chi connectivity index (χ0) is 15.4. The third-order valence-corrected chi connectivity index (χ3v) is 3.12. The number of amides is 1. The fourth-order valence-corrected chi connectivity index (χ4v) is 2.10. The number of carbonyl (C=O) groups excluding carboxylic acids is 1. The van der Waals surface area contributed by atoms with Gasteiger partial charge in [-0.3, -0.25) is 4.79 Å². The number of furan rings is 1. The molecule has 1 aromatic carbocycles. The highest BCUT2D eigenvalue weighted by Crippen LogP contribution is 2.21. The van der Waals surface area contributed by atoms with Crippen LogP contribution in [-0.2, 0) is 0 Å². The van der Waals surface area contributed by atoms with Crippen molar-refractivity contribution in [3.8, 4) is 0 Å². The van der Waals surface area contributed by atoms with Crippen molar-refractivity contribution in [1.82, 2.24) is 5.32 Å². The minimum Gasteiger partial charge on any atom is -0.464 e. The van der Waals surface area contributed by atoms with E-state index >= 15 is 0 Å². The summed E-state index contributed by atoms with van der Waals surface area (Å²) in [6.07, 6.45) is 0. The van der Waals surface area contributed by atoms with Gasteiger partial charge in [0, 0.05) is 17.3 Å². The predicted octanol–water partition coefficient (Wildman–Crippen LogP) is 3.90. The van der Waals surface area contributed by atoms with Crippen molar-refractivity contribution < 1.29 is 9.21 Å². The van der Waals surface area contributed by atoms with Crippen LogP contribution in [0.2, 0.25) is 0 Å². The van der Waals surface area contributed by atoms with Gasteiger partial charge < -0.3 is 15.1 Å². The molecule has 1 heterocycles. The normalized spacial score (nSPS) is 12.2. The molecule has 0 aliphatic heterocycles. The number of hydrogen-bond donors (Lipinski definition) is 2. The van der Waals surface area contributed by atoms with Gasteiger partial charge in [0.1, 0.15) is 11.5 Å². The zero-order valence-corrected chi connectivity index (χ0v) is 12.9. The van der Waals surface area contributed by atoms with Crippen LogP contribution in [-0.4, -0.2) is 11.9 Å². The third-order valence-electron chi connectivity index (χ3n) is 3.12. The first kappa shape index (κ1) is 15.2. The molecule has 0 saturated heterocycles. The standard InChI is InChI=1S/C17H22N2O2/c1-11(2)18-17(20)14-6-5-7-15(10-14)19-13(4)16-9-8-12(3)21-16/h5-11,13,19H,1-4H3,(H,18,20). The molecule has 1 unspecified atom stereocenters. The molecule has 1 aromatic heterocycles. The van der Waals surface area contributed by atoms with Crippen molar-refractivity contribution in [3.63, 3.8) is 0 Å². The van der Waals surface area contributed by atoms with Crippen LogP contribution in [0.5, 0.6) is 0 Å². The van der Waals surface area contributed by atoms with E-state index in [-0.39, 0.29) is 18.0 Å². The average Bonchev–Trinajstić information content (AvgIpc) is 2.85. The van der Waals surface area contributed by atoms with Crippen molar-refractivity contribution in [2.45, 2.75) is 39.8 Å². The van der Waals surface area contributed by atoms with E-state index in [9.17, 15) is 4.79 Å². The van der Waals surface area contributed by atoms with Gasteiger partial charge in [0.25, 0.3) is 5.91 Å². The van der Waals surface area contributed by atoms with Crippen LogP contribution in [0.3, 0.4) is 0 Å². The molecule has 2 rings (SSSR count). The van der Waals surface area contributed by atoms with Gasteiger partial charge in [0.15, 0.2) is 0 Å². The second-order valence-electron chi connectivity index (χ2n) is 5.52. The number of rotatable bonds is 5. The van der Waals surface area contributed by atoms with Crippen LogP contribution in [0.1, 0.15) is 48.7 Å². The Balaban J connectivity index is 2.09. The molecule has 0 radical (unpaired) electrons. The third kappa shape index (κ3) is 4.12. The first-order chi connectivity index (χ1) is 9.95. The highest BCUT2D eigenvalue weighted by molar-refractivity contribution is 5.95. The van der Waals surface area contributed by atoms with Gasteiger partial charge in [-0.25, -0.2) is 0 Å². The van der Waals surface area contributed by atoms with Gasteiger partial charge >= 0.3 is 0 Å². The van der Waals surface area contributed by atoms with E-state index in [0.717, 1.165) is 17.2 Å². The van der Waals surface area contributed by atoms with E-state index in [1.54, 1.807) is 0 Å². The summed E-state index contributed by atoms with van der Waals surface area (Å²) in [5.41, 5.74) is 1.55. The number of carbonyl (C=O) groups is 1. The molecule has 0 aliphatic rings. The summed E-state index contributed by atoms with van der Waals surface area (Å²) >= 11 is 0. The van der Waals surface area contributed by atoms with Gasteiger partial charge in [0.05, 0.1) is 6.04 Å². The molecule has 2 aromatic rings. The Bertz CT molecular complexity index is 617. The molecule has 0 aliphatic carbocycles. The van der Waals surface area contributed by atoms with Crippen LogP contribution in [0.4, 0.5) is 5.69 Å². The van der Waals surface area contributed by atoms with Crippen LogP contribution < -0.4 is 10.6 Å². The van der Waals surface area contributed by atoms with Crippen LogP contribution in [0, 0.1) is 6.92 Å². The Labute approximate surface area is 125 Å². The highest BCUT2D eigenvalue weighted by atomic mass is 16.3. The maximum atomic E-state index is 12.0. The quantitative estimate of drug-likeness (QED) is 0.876. The molecule has 0 bridgehead atoms. The summed E-state index contributed by atoms with van der Waals surface area (Å²) < 4.78 is 5.61. The van der Waals surface area contributed by atoms with Crippen LogP contribution in [0.25, 0.3) is 0 Å². The number of benzene rings is 1. The smallest absolute Gasteiger partial charge is 0.251 e. The molecule has 2 N–H and O–H groups in total. The molecule has 4 heteroatoms. The molecule has 21 heavy (non-hydrogen) atoms. The lowest BCUT2D eigenvalue weighted by Crippen LogP contribution is -2.30. The molecule has 4 nitrogen and oxygen atoms in total. The molecular formula is C17H22N2O2. The fourth-order valence-electron chi connectivity index (χ4n) is 2.10. The Morgan fingerprint density at radius 1 is 1.14 bits per heavy atom. The van der Waals surface area contributed by atoms with Crippen molar-refractivity contribution in [2.75, 3.05) is 5.32 Å².